The molecule has 0 unspecified atom stereocenters. The largest absolute Gasteiger partial charge is 0.483 e. The summed E-state index contributed by atoms with van der Waals surface area (Å²) in [7, 11) is 1.92. The zero-order chi connectivity index (χ0) is 26.5. The molecule has 0 radical (unpaired) electrons. The Balaban J connectivity index is 1.24. The van der Waals surface area contributed by atoms with Crippen LogP contribution in [0.25, 0.3) is 11.1 Å². The van der Waals surface area contributed by atoms with E-state index in [2.05, 4.69) is 79.5 Å². The van der Waals surface area contributed by atoms with Crippen LogP contribution in [0.2, 0.25) is 0 Å². The van der Waals surface area contributed by atoms with Crippen molar-refractivity contribution in [1.29, 1.82) is 0 Å². The highest BCUT2D eigenvalue weighted by Gasteiger charge is 2.20. The van der Waals surface area contributed by atoms with Crippen LogP contribution in [0.4, 0.5) is 5.69 Å². The average molecular weight is 530 g/mol. The van der Waals surface area contributed by atoms with Crippen LogP contribution in [0.1, 0.15) is 22.5 Å². The number of benzene rings is 2. The maximum atomic E-state index is 12.7. The first-order valence-corrected chi connectivity index (χ1v) is 14.0. The van der Waals surface area contributed by atoms with E-state index in [1.165, 1.54) is 16.8 Å². The molecule has 198 valence electrons. The highest BCUT2D eigenvalue weighted by Crippen LogP contribution is 2.30. The molecular formula is C30H35N5O2S. The Morgan fingerprint density at radius 1 is 1.03 bits per heavy atom. The van der Waals surface area contributed by atoms with E-state index in [0.29, 0.717) is 6.54 Å². The molecule has 1 fully saturated rings. The van der Waals surface area contributed by atoms with Gasteiger partial charge in [-0.2, -0.15) is 16.4 Å². The first-order chi connectivity index (χ1) is 18.5. The van der Waals surface area contributed by atoms with Gasteiger partial charge in [-0.3, -0.25) is 14.4 Å². The van der Waals surface area contributed by atoms with Crippen molar-refractivity contribution in [2.24, 2.45) is 7.05 Å². The lowest BCUT2D eigenvalue weighted by Crippen LogP contribution is -2.46. The zero-order valence-electron chi connectivity index (χ0n) is 22.3. The minimum atomic E-state index is -0.142. The van der Waals surface area contributed by atoms with E-state index in [0.717, 1.165) is 61.0 Å². The van der Waals surface area contributed by atoms with Gasteiger partial charge in [0.05, 0.1) is 5.69 Å². The first kappa shape index (κ1) is 26.0. The molecule has 1 saturated heterocycles. The maximum absolute atomic E-state index is 12.7. The molecule has 38 heavy (non-hydrogen) atoms. The van der Waals surface area contributed by atoms with E-state index in [1.54, 1.807) is 11.3 Å². The molecule has 0 bridgehead atoms. The van der Waals surface area contributed by atoms with Crippen LogP contribution in [0, 0.1) is 13.8 Å². The number of anilines is 1. The number of rotatable bonds is 9. The monoisotopic (exact) mass is 529 g/mol. The number of nitrogens with one attached hydrogen (secondary N) is 1. The molecule has 3 heterocycles. The van der Waals surface area contributed by atoms with Crippen molar-refractivity contribution >= 4 is 22.9 Å². The molecule has 1 N–H and O–H groups in total. The van der Waals surface area contributed by atoms with E-state index in [9.17, 15) is 4.79 Å². The summed E-state index contributed by atoms with van der Waals surface area (Å²) in [5, 5.41) is 11.7. The lowest BCUT2D eigenvalue weighted by molar-refractivity contribution is -0.123. The van der Waals surface area contributed by atoms with Crippen LogP contribution in [-0.4, -0.2) is 53.4 Å². The number of aryl methyl sites for hydroxylation is 2. The van der Waals surface area contributed by atoms with Gasteiger partial charge in [0.2, 0.25) is 0 Å². The molecule has 4 aromatic rings. The van der Waals surface area contributed by atoms with Gasteiger partial charge >= 0.3 is 0 Å². The fourth-order valence-corrected chi connectivity index (χ4v) is 5.62. The standard InChI is InChI=1S/C30H35N5O2S/c1-22-28(23(2)33(3)32-22)18-31-30(36)20-37-29-10-9-24(25-11-16-38-21-25)17-26(29)19-34-12-14-35(15-13-34)27-7-5-4-6-8-27/h4-11,16-17,21H,12-15,18-20H2,1-3H3,(H,31,36). The molecule has 0 atom stereocenters. The Labute approximate surface area is 228 Å². The van der Waals surface area contributed by atoms with Gasteiger partial charge in [-0.1, -0.05) is 24.3 Å². The minimum absolute atomic E-state index is 0.0229. The second-order valence-corrected chi connectivity index (χ2v) is 10.6. The van der Waals surface area contributed by atoms with Gasteiger partial charge in [0, 0.05) is 68.8 Å². The molecule has 0 spiro atoms. The molecule has 7 nitrogen and oxygen atoms in total. The summed E-state index contributed by atoms with van der Waals surface area (Å²) in [6, 6.07) is 19.0. The summed E-state index contributed by atoms with van der Waals surface area (Å²) >= 11 is 1.69. The van der Waals surface area contributed by atoms with Crippen LogP contribution >= 0.6 is 11.3 Å². The predicted octanol–water partition coefficient (Wildman–Crippen LogP) is 4.78. The number of carbonyl (C=O) groups excluding carboxylic acids is 1. The summed E-state index contributed by atoms with van der Waals surface area (Å²) < 4.78 is 7.93. The van der Waals surface area contributed by atoms with Crippen molar-refractivity contribution in [2.75, 3.05) is 37.7 Å². The van der Waals surface area contributed by atoms with Gasteiger partial charge in [-0.25, -0.2) is 0 Å². The number of hydrogen-bond acceptors (Lipinski definition) is 6. The van der Waals surface area contributed by atoms with Crippen molar-refractivity contribution in [3.63, 3.8) is 0 Å². The first-order valence-electron chi connectivity index (χ1n) is 13.0. The highest BCUT2D eigenvalue weighted by atomic mass is 32.1. The van der Waals surface area contributed by atoms with Crippen molar-refractivity contribution in [3.05, 3.63) is 87.9 Å². The summed E-state index contributed by atoms with van der Waals surface area (Å²) in [4.78, 5) is 17.6. The Bertz CT molecular complexity index is 1360. The smallest absolute Gasteiger partial charge is 0.258 e. The maximum Gasteiger partial charge on any atom is 0.258 e. The van der Waals surface area contributed by atoms with E-state index in [-0.39, 0.29) is 12.5 Å². The number of hydrogen-bond donors (Lipinski definition) is 1. The third-order valence-corrected chi connectivity index (χ3v) is 7.97. The minimum Gasteiger partial charge on any atom is -0.483 e. The number of carbonyl (C=O) groups is 1. The van der Waals surface area contributed by atoms with Gasteiger partial charge in [0.25, 0.3) is 5.91 Å². The molecule has 0 saturated carbocycles. The summed E-state index contributed by atoms with van der Waals surface area (Å²) in [5.41, 5.74) is 7.80. The second-order valence-electron chi connectivity index (χ2n) is 9.77. The number of thiophene rings is 1. The fourth-order valence-electron chi connectivity index (χ4n) is 4.95. The summed E-state index contributed by atoms with van der Waals surface area (Å²) in [6.45, 7) is 9.10. The quantitative estimate of drug-likeness (QED) is 0.338. The van der Waals surface area contributed by atoms with Gasteiger partial charge in [-0.15, -0.1) is 0 Å². The number of para-hydroxylation sites is 1. The molecule has 0 aliphatic carbocycles. The van der Waals surface area contributed by atoms with Crippen molar-refractivity contribution < 1.29 is 9.53 Å². The summed E-state index contributed by atoms with van der Waals surface area (Å²) in [6.07, 6.45) is 0. The number of amides is 1. The van der Waals surface area contributed by atoms with Crippen molar-refractivity contribution in [2.45, 2.75) is 26.9 Å². The van der Waals surface area contributed by atoms with E-state index in [4.69, 9.17) is 4.74 Å². The number of piperazine rings is 1. The van der Waals surface area contributed by atoms with Gasteiger partial charge in [0.15, 0.2) is 6.61 Å². The average Bonchev–Trinajstić information content (AvgIpc) is 3.56. The van der Waals surface area contributed by atoms with Crippen LogP contribution in [0.15, 0.2) is 65.4 Å². The third kappa shape index (κ3) is 6.09. The summed E-state index contributed by atoms with van der Waals surface area (Å²) in [5.74, 6) is 0.621. The van der Waals surface area contributed by atoms with Crippen LogP contribution in [0.5, 0.6) is 5.75 Å². The molecule has 1 aliphatic heterocycles. The Morgan fingerprint density at radius 3 is 2.50 bits per heavy atom. The van der Waals surface area contributed by atoms with Crippen molar-refractivity contribution in [1.82, 2.24) is 20.0 Å². The number of ether oxygens (including phenoxy) is 1. The highest BCUT2D eigenvalue weighted by molar-refractivity contribution is 7.08. The van der Waals surface area contributed by atoms with Gasteiger partial charge in [-0.05, 0) is 66.1 Å². The van der Waals surface area contributed by atoms with Crippen LogP contribution in [-0.2, 0) is 24.9 Å². The lowest BCUT2D eigenvalue weighted by Gasteiger charge is -2.36. The predicted molar refractivity (Wildman–Crippen MR) is 154 cm³/mol. The lowest BCUT2D eigenvalue weighted by atomic mass is 10.0. The molecule has 8 heteroatoms. The Morgan fingerprint density at radius 2 is 1.82 bits per heavy atom. The number of nitrogens with zero attached hydrogens (tertiary/aromatic N) is 4. The van der Waals surface area contributed by atoms with E-state index in [1.807, 2.05) is 31.6 Å². The van der Waals surface area contributed by atoms with Crippen LogP contribution < -0.4 is 15.0 Å². The topological polar surface area (TPSA) is 62.6 Å². The van der Waals surface area contributed by atoms with Crippen molar-refractivity contribution in [3.8, 4) is 16.9 Å². The molecule has 2 aromatic carbocycles. The third-order valence-electron chi connectivity index (χ3n) is 7.28. The van der Waals surface area contributed by atoms with Gasteiger partial charge < -0.3 is 15.0 Å². The molecular weight excluding hydrogens is 494 g/mol. The normalized spacial score (nSPS) is 14.0. The van der Waals surface area contributed by atoms with Gasteiger partial charge in [0.1, 0.15) is 5.75 Å². The SMILES string of the molecule is Cc1nn(C)c(C)c1CNC(=O)COc1ccc(-c2ccsc2)cc1CN1CCN(c2ccccc2)CC1. The second kappa shape index (κ2) is 11.8. The Hall–Kier alpha value is -3.62. The van der Waals surface area contributed by atoms with E-state index >= 15 is 0 Å². The van der Waals surface area contributed by atoms with E-state index < -0.39 is 0 Å². The Kier molecular flexibility index (Phi) is 8.10. The molecule has 5 rings (SSSR count). The van der Waals surface area contributed by atoms with Crippen LogP contribution in [0.3, 0.4) is 0 Å². The number of aromatic nitrogens is 2. The molecule has 2 aromatic heterocycles. The molecule has 1 amide bonds. The molecule has 1 aliphatic rings. The fraction of sp³-hybridized carbons (Fsp3) is 0.333. The zero-order valence-corrected chi connectivity index (χ0v) is 23.1.